The van der Waals surface area contributed by atoms with Gasteiger partial charge in [0.25, 0.3) is 5.69 Å². The van der Waals surface area contributed by atoms with Gasteiger partial charge in [0, 0.05) is 41.7 Å². The monoisotopic (exact) mass is 551 g/mol. The molecule has 190 valence electrons. The van der Waals surface area contributed by atoms with Gasteiger partial charge in [-0.15, -0.1) is 0 Å². The average molecular weight is 553 g/mol. The molecule has 11 heteroatoms. The first kappa shape index (κ1) is 25.0. The highest BCUT2D eigenvalue weighted by Crippen LogP contribution is 2.50. The SMILES string of the molecule is COc1cccc([C@]23CCN(C(=O)OCC(Cl)(Cl)Cl)CC2Cc2c([nH]c4cc([N+](=O)[O-])ccc24)C3)c1. The molecule has 2 atom stereocenters. The van der Waals surface area contributed by atoms with E-state index in [1.165, 1.54) is 6.07 Å². The van der Waals surface area contributed by atoms with Gasteiger partial charge in [-0.05, 0) is 54.5 Å². The second-order valence-electron chi connectivity index (χ2n) is 9.40. The molecule has 1 saturated heterocycles. The second-order valence-corrected chi connectivity index (χ2v) is 11.9. The lowest BCUT2D eigenvalue weighted by Crippen LogP contribution is -2.55. The number of carbonyl (C=O) groups excluding carboxylic acids is 1. The van der Waals surface area contributed by atoms with Crippen LogP contribution < -0.4 is 4.74 Å². The van der Waals surface area contributed by atoms with E-state index in [-0.39, 0.29) is 23.6 Å². The Morgan fingerprint density at radius 3 is 2.81 bits per heavy atom. The van der Waals surface area contributed by atoms with Crippen molar-refractivity contribution in [1.82, 2.24) is 9.88 Å². The number of likely N-dealkylation sites (tertiary alicyclic amines) is 1. The first-order valence-corrected chi connectivity index (χ1v) is 12.6. The molecule has 36 heavy (non-hydrogen) atoms. The van der Waals surface area contributed by atoms with Crippen molar-refractivity contribution in [3.05, 3.63) is 69.4 Å². The van der Waals surface area contributed by atoms with Crippen molar-refractivity contribution in [3.63, 3.8) is 0 Å². The van der Waals surface area contributed by atoms with E-state index in [4.69, 9.17) is 44.3 Å². The lowest BCUT2D eigenvalue weighted by Gasteiger charge is -2.50. The zero-order chi connectivity index (χ0) is 25.7. The Morgan fingerprint density at radius 1 is 1.28 bits per heavy atom. The van der Waals surface area contributed by atoms with Crippen molar-refractivity contribution in [3.8, 4) is 5.75 Å². The number of carbonyl (C=O) groups is 1. The third-order valence-electron chi connectivity index (χ3n) is 7.44. The number of methoxy groups -OCH3 is 1. The summed E-state index contributed by atoms with van der Waals surface area (Å²) in [6, 6.07) is 13.0. The summed E-state index contributed by atoms with van der Waals surface area (Å²) in [4.78, 5) is 28.9. The van der Waals surface area contributed by atoms with E-state index in [1.807, 2.05) is 12.1 Å². The van der Waals surface area contributed by atoms with Gasteiger partial charge in [-0.3, -0.25) is 10.1 Å². The molecule has 3 aromatic rings. The van der Waals surface area contributed by atoms with Crippen LogP contribution in [-0.4, -0.2) is 51.5 Å². The predicted molar refractivity (Wildman–Crippen MR) is 138 cm³/mol. The minimum absolute atomic E-state index is 0.0453. The second kappa shape index (κ2) is 9.32. The number of alkyl halides is 3. The molecule has 8 nitrogen and oxygen atoms in total. The largest absolute Gasteiger partial charge is 0.497 e. The normalized spacial score (nSPS) is 21.6. The summed E-state index contributed by atoms with van der Waals surface area (Å²) in [5, 5.41) is 12.3. The molecule has 2 aliphatic rings. The number of nitrogens with one attached hydrogen (secondary N) is 1. The highest BCUT2D eigenvalue weighted by Gasteiger charge is 2.49. The number of nitro benzene ring substituents is 1. The molecule has 2 heterocycles. The van der Waals surface area contributed by atoms with E-state index >= 15 is 0 Å². The van der Waals surface area contributed by atoms with Crippen molar-refractivity contribution in [1.29, 1.82) is 0 Å². The number of halogens is 3. The molecule has 1 fully saturated rings. The first-order valence-electron chi connectivity index (χ1n) is 11.5. The Bertz CT molecular complexity index is 1340. The van der Waals surface area contributed by atoms with Gasteiger partial charge in [0.05, 0.1) is 17.5 Å². The van der Waals surface area contributed by atoms with E-state index in [0.717, 1.165) is 33.5 Å². The van der Waals surface area contributed by atoms with Gasteiger partial charge in [-0.1, -0.05) is 46.9 Å². The number of benzene rings is 2. The molecule has 1 amide bonds. The Balaban J connectivity index is 1.53. The van der Waals surface area contributed by atoms with Gasteiger partial charge >= 0.3 is 6.09 Å². The summed E-state index contributed by atoms with van der Waals surface area (Å²) in [7, 11) is 1.64. The van der Waals surface area contributed by atoms with Crippen LogP contribution in [0.15, 0.2) is 42.5 Å². The summed E-state index contributed by atoms with van der Waals surface area (Å²) in [5.41, 5.74) is 3.85. The zero-order valence-corrected chi connectivity index (χ0v) is 21.7. The average Bonchev–Trinajstić information content (AvgIpc) is 3.21. The Hall–Kier alpha value is -2.68. The van der Waals surface area contributed by atoms with Gasteiger partial charge in [0.15, 0.2) is 0 Å². The third-order valence-corrected chi connectivity index (χ3v) is 7.77. The summed E-state index contributed by atoms with van der Waals surface area (Å²) < 4.78 is 9.09. The number of ether oxygens (including phenoxy) is 2. The molecule has 1 aromatic heterocycles. The number of H-pyrrole nitrogens is 1. The maximum atomic E-state index is 12.8. The van der Waals surface area contributed by atoms with Crippen molar-refractivity contribution in [2.45, 2.75) is 28.5 Å². The number of nitrogens with zero attached hydrogens (tertiary/aromatic N) is 2. The highest BCUT2D eigenvalue weighted by molar-refractivity contribution is 6.67. The van der Waals surface area contributed by atoms with Gasteiger partial charge in [-0.2, -0.15) is 0 Å². The van der Waals surface area contributed by atoms with Crippen LogP contribution in [0.5, 0.6) is 5.75 Å². The van der Waals surface area contributed by atoms with Crippen LogP contribution in [0, 0.1) is 16.0 Å². The number of hydrogen-bond acceptors (Lipinski definition) is 5. The van der Waals surface area contributed by atoms with Crippen molar-refractivity contribution in [2.75, 3.05) is 26.8 Å². The molecular formula is C25H24Cl3N3O5. The van der Waals surface area contributed by atoms with Gasteiger partial charge in [0.2, 0.25) is 3.79 Å². The Morgan fingerprint density at radius 2 is 2.08 bits per heavy atom. The maximum absolute atomic E-state index is 12.8. The fourth-order valence-electron chi connectivity index (χ4n) is 5.74. The van der Waals surface area contributed by atoms with Gasteiger partial charge in [-0.25, -0.2) is 4.79 Å². The van der Waals surface area contributed by atoms with Gasteiger partial charge < -0.3 is 19.4 Å². The molecular weight excluding hydrogens is 529 g/mol. The molecule has 1 unspecified atom stereocenters. The molecule has 0 spiro atoms. The van der Waals surface area contributed by atoms with Crippen LogP contribution in [0.25, 0.3) is 10.9 Å². The number of aromatic amines is 1. The number of hydrogen-bond donors (Lipinski definition) is 1. The topological polar surface area (TPSA) is 97.7 Å². The fraction of sp³-hybridized carbons (Fsp3) is 0.400. The van der Waals surface area contributed by atoms with Crippen LogP contribution in [-0.2, 0) is 23.0 Å². The minimum atomic E-state index is -1.68. The van der Waals surface area contributed by atoms with Crippen molar-refractivity contribution in [2.24, 2.45) is 5.92 Å². The minimum Gasteiger partial charge on any atom is -0.497 e. The van der Waals surface area contributed by atoms with Crippen LogP contribution in [0.4, 0.5) is 10.5 Å². The van der Waals surface area contributed by atoms with E-state index in [0.29, 0.717) is 32.4 Å². The zero-order valence-electron chi connectivity index (χ0n) is 19.4. The predicted octanol–water partition coefficient (Wildman–Crippen LogP) is 5.95. The third kappa shape index (κ3) is 4.58. The van der Waals surface area contributed by atoms with Crippen molar-refractivity contribution < 1.29 is 19.2 Å². The number of piperidine rings is 1. The van der Waals surface area contributed by atoms with Crippen LogP contribution >= 0.6 is 34.8 Å². The molecule has 1 N–H and O–H groups in total. The number of aromatic nitrogens is 1. The summed E-state index contributed by atoms with van der Waals surface area (Å²) in [6.45, 7) is 0.618. The molecule has 1 aliphatic heterocycles. The molecule has 0 saturated carbocycles. The molecule has 0 radical (unpaired) electrons. The maximum Gasteiger partial charge on any atom is 0.409 e. The summed E-state index contributed by atoms with van der Waals surface area (Å²) >= 11 is 17.3. The molecule has 5 rings (SSSR count). The van der Waals surface area contributed by atoms with E-state index in [2.05, 4.69) is 17.1 Å². The quantitative estimate of drug-likeness (QED) is 0.245. The smallest absolute Gasteiger partial charge is 0.409 e. The van der Waals surface area contributed by atoms with Crippen LogP contribution in [0.3, 0.4) is 0 Å². The molecule has 0 bridgehead atoms. The Labute approximate surface area is 222 Å². The highest BCUT2D eigenvalue weighted by atomic mass is 35.6. The Kier molecular flexibility index (Phi) is 6.47. The fourth-order valence-corrected chi connectivity index (χ4v) is 5.90. The van der Waals surface area contributed by atoms with Crippen molar-refractivity contribution >= 4 is 57.5 Å². The molecule has 2 aromatic carbocycles. The lowest BCUT2D eigenvalue weighted by molar-refractivity contribution is -0.384. The number of amides is 1. The standard InChI is InChI=1S/C25H24Cl3N3O5/c1-35-18-4-2-3-15(9-18)24-7-8-30(23(32)36-14-25(26,27)28)13-16(24)10-20-19-6-5-17(31(33)34)11-21(19)29-22(20)12-24/h2-6,9,11,16,29H,7-8,10,12-14H2,1H3/t16?,24-/m1/s1. The number of nitro groups is 1. The number of non-ortho nitro benzene ring substituents is 1. The van der Waals surface area contributed by atoms with Crippen LogP contribution in [0.2, 0.25) is 0 Å². The summed E-state index contributed by atoms with van der Waals surface area (Å²) in [5.74, 6) is 0.837. The number of fused-ring (bicyclic) bond motifs is 4. The summed E-state index contributed by atoms with van der Waals surface area (Å²) in [6.07, 6.45) is 1.59. The molecule has 1 aliphatic carbocycles. The van der Waals surface area contributed by atoms with E-state index in [9.17, 15) is 14.9 Å². The number of rotatable bonds is 4. The van der Waals surface area contributed by atoms with E-state index in [1.54, 1.807) is 24.1 Å². The van der Waals surface area contributed by atoms with Crippen LogP contribution in [0.1, 0.15) is 23.2 Å². The lowest BCUT2D eigenvalue weighted by atomic mass is 9.59. The van der Waals surface area contributed by atoms with Gasteiger partial charge in [0.1, 0.15) is 12.4 Å². The first-order chi connectivity index (χ1) is 17.1. The van der Waals surface area contributed by atoms with E-state index < -0.39 is 14.8 Å².